The van der Waals surface area contributed by atoms with Crippen molar-refractivity contribution in [2.24, 2.45) is 17.8 Å². The highest BCUT2D eigenvalue weighted by Crippen LogP contribution is 2.48. The molecule has 6 nitrogen and oxygen atoms in total. The lowest BCUT2D eigenvalue weighted by molar-refractivity contribution is -0.138. The Morgan fingerprint density at radius 1 is 1.10 bits per heavy atom. The zero-order valence-corrected chi connectivity index (χ0v) is 17.0. The molecule has 3 fully saturated rings. The summed E-state index contributed by atoms with van der Waals surface area (Å²) in [4.78, 5) is 18.0. The van der Waals surface area contributed by atoms with Crippen molar-refractivity contribution >= 4 is 5.91 Å². The summed E-state index contributed by atoms with van der Waals surface area (Å²) >= 11 is 0. The van der Waals surface area contributed by atoms with Crippen LogP contribution >= 0.6 is 0 Å². The number of likely N-dealkylation sites (tertiary alicyclic amines) is 2. The van der Waals surface area contributed by atoms with E-state index < -0.39 is 0 Å². The van der Waals surface area contributed by atoms with Gasteiger partial charge in [0.25, 0.3) is 0 Å². The second kappa shape index (κ2) is 8.25. The van der Waals surface area contributed by atoms with Gasteiger partial charge in [0, 0.05) is 56.9 Å². The number of piperidine rings is 1. The van der Waals surface area contributed by atoms with Gasteiger partial charge in [-0.15, -0.1) is 0 Å². The number of nitrogens with zero attached hydrogens (tertiary/aromatic N) is 2. The highest BCUT2D eigenvalue weighted by atomic mass is 16.5. The van der Waals surface area contributed by atoms with Crippen LogP contribution in [0.4, 0.5) is 0 Å². The van der Waals surface area contributed by atoms with Gasteiger partial charge in [0.15, 0.2) is 0 Å². The number of hydrogen-bond acceptors (Lipinski definition) is 5. The normalized spacial score (nSPS) is 31.2. The molecule has 0 spiro atoms. The third-order valence-corrected chi connectivity index (χ3v) is 7.34. The molecule has 0 radical (unpaired) electrons. The van der Waals surface area contributed by atoms with Crippen LogP contribution in [0.3, 0.4) is 0 Å². The Morgan fingerprint density at radius 3 is 2.66 bits per heavy atom. The van der Waals surface area contributed by atoms with Crippen LogP contribution in [0.2, 0.25) is 0 Å². The second-order valence-electron chi connectivity index (χ2n) is 9.13. The number of ether oxygens (including phenoxy) is 2. The molecule has 4 aliphatic heterocycles. The van der Waals surface area contributed by atoms with Crippen LogP contribution in [0.15, 0.2) is 24.3 Å². The van der Waals surface area contributed by atoms with Crippen LogP contribution in [0.5, 0.6) is 5.75 Å². The molecule has 0 aliphatic carbocycles. The molecule has 6 heteroatoms. The third kappa shape index (κ3) is 3.78. The molecule has 1 aromatic rings. The summed E-state index contributed by atoms with van der Waals surface area (Å²) in [6, 6.07) is 8.59. The first-order chi connectivity index (χ1) is 14.2. The largest absolute Gasteiger partial charge is 0.493 e. The van der Waals surface area contributed by atoms with Crippen molar-refractivity contribution < 1.29 is 19.4 Å². The zero-order valence-electron chi connectivity index (χ0n) is 17.0. The van der Waals surface area contributed by atoms with Crippen molar-refractivity contribution in [3.63, 3.8) is 0 Å². The molecule has 4 heterocycles. The number of para-hydroxylation sites is 1. The molecule has 0 bridgehead atoms. The van der Waals surface area contributed by atoms with Crippen molar-refractivity contribution in [1.82, 2.24) is 9.80 Å². The lowest BCUT2D eigenvalue weighted by atomic mass is 9.84. The highest BCUT2D eigenvalue weighted by molar-refractivity contribution is 5.80. The minimum atomic E-state index is -0.259. The Kier molecular flexibility index (Phi) is 5.50. The molecule has 0 aromatic heterocycles. The van der Waals surface area contributed by atoms with E-state index in [1.807, 2.05) is 11.0 Å². The average Bonchev–Trinajstić information content (AvgIpc) is 3.13. The molecule has 1 amide bonds. The van der Waals surface area contributed by atoms with Gasteiger partial charge in [-0.05, 0) is 37.7 Å². The van der Waals surface area contributed by atoms with Crippen molar-refractivity contribution in [3.05, 3.63) is 29.8 Å². The predicted octanol–water partition coefficient (Wildman–Crippen LogP) is 2.08. The van der Waals surface area contributed by atoms with Crippen molar-refractivity contribution in [3.8, 4) is 5.75 Å². The number of amides is 1. The number of carbonyl (C=O) groups is 1. The number of aliphatic hydroxyl groups is 1. The summed E-state index contributed by atoms with van der Waals surface area (Å²) < 4.78 is 11.7. The minimum Gasteiger partial charge on any atom is -0.493 e. The van der Waals surface area contributed by atoms with Gasteiger partial charge in [0.1, 0.15) is 5.75 Å². The lowest BCUT2D eigenvalue weighted by Crippen LogP contribution is -2.45. The third-order valence-electron chi connectivity index (χ3n) is 7.34. The van der Waals surface area contributed by atoms with Gasteiger partial charge < -0.3 is 19.5 Å². The van der Waals surface area contributed by atoms with Gasteiger partial charge in [-0.1, -0.05) is 18.2 Å². The van der Waals surface area contributed by atoms with Crippen molar-refractivity contribution in [1.29, 1.82) is 0 Å². The molecule has 29 heavy (non-hydrogen) atoms. The first kappa shape index (κ1) is 19.3. The maximum Gasteiger partial charge on any atom is 0.227 e. The molecule has 5 rings (SSSR count). The van der Waals surface area contributed by atoms with Gasteiger partial charge in [0.05, 0.1) is 18.6 Å². The van der Waals surface area contributed by atoms with E-state index in [2.05, 4.69) is 23.1 Å². The zero-order chi connectivity index (χ0) is 19.8. The quantitative estimate of drug-likeness (QED) is 0.842. The summed E-state index contributed by atoms with van der Waals surface area (Å²) in [6.07, 6.45) is 3.34. The van der Waals surface area contributed by atoms with E-state index in [4.69, 9.17) is 9.47 Å². The van der Waals surface area contributed by atoms with Crippen LogP contribution in [0.25, 0.3) is 0 Å². The molecule has 0 saturated carbocycles. The summed E-state index contributed by atoms with van der Waals surface area (Å²) in [5.74, 6) is 2.04. The Hall–Kier alpha value is -1.63. The SMILES string of the molecule is O=C([C@@H]1CN(CC2CCOCC2)[C@H]2c3ccccc3OC[C@@H]12)N1CCC(O)CC1. The van der Waals surface area contributed by atoms with E-state index in [9.17, 15) is 9.90 Å². The summed E-state index contributed by atoms with van der Waals surface area (Å²) in [6.45, 7) is 5.49. The number of carbonyl (C=O) groups excluding carboxylic acids is 1. The van der Waals surface area contributed by atoms with Gasteiger partial charge in [-0.2, -0.15) is 0 Å². The van der Waals surface area contributed by atoms with Gasteiger partial charge in [-0.25, -0.2) is 0 Å². The molecule has 1 N–H and O–H groups in total. The van der Waals surface area contributed by atoms with Crippen LogP contribution < -0.4 is 4.74 Å². The van der Waals surface area contributed by atoms with E-state index in [0.29, 0.717) is 38.5 Å². The van der Waals surface area contributed by atoms with E-state index in [0.717, 1.165) is 44.9 Å². The first-order valence-electron chi connectivity index (χ1n) is 11.2. The van der Waals surface area contributed by atoms with E-state index in [1.165, 1.54) is 5.56 Å². The van der Waals surface area contributed by atoms with Crippen LogP contribution in [0.1, 0.15) is 37.3 Å². The number of hydrogen-bond donors (Lipinski definition) is 1. The molecule has 158 valence electrons. The maximum atomic E-state index is 13.5. The number of fused-ring (bicyclic) bond motifs is 3. The van der Waals surface area contributed by atoms with Crippen LogP contribution in [-0.2, 0) is 9.53 Å². The fourth-order valence-electron chi connectivity index (χ4n) is 5.70. The Morgan fingerprint density at radius 2 is 1.86 bits per heavy atom. The van der Waals surface area contributed by atoms with E-state index in [-0.39, 0.29) is 29.9 Å². The fourth-order valence-corrected chi connectivity index (χ4v) is 5.70. The first-order valence-corrected chi connectivity index (χ1v) is 11.2. The molecule has 1 aromatic carbocycles. The molecule has 3 atom stereocenters. The van der Waals surface area contributed by atoms with Crippen molar-refractivity contribution in [2.45, 2.75) is 37.8 Å². The summed E-state index contributed by atoms with van der Waals surface area (Å²) in [5.41, 5.74) is 1.24. The Labute approximate surface area is 172 Å². The second-order valence-corrected chi connectivity index (χ2v) is 9.13. The molecule has 4 aliphatic rings. The smallest absolute Gasteiger partial charge is 0.227 e. The molecule has 0 unspecified atom stereocenters. The minimum absolute atomic E-state index is 0.0246. The van der Waals surface area contributed by atoms with Gasteiger partial charge in [-0.3, -0.25) is 9.69 Å². The van der Waals surface area contributed by atoms with E-state index in [1.54, 1.807) is 0 Å². The predicted molar refractivity (Wildman–Crippen MR) is 109 cm³/mol. The monoisotopic (exact) mass is 400 g/mol. The van der Waals surface area contributed by atoms with Gasteiger partial charge in [0.2, 0.25) is 5.91 Å². The van der Waals surface area contributed by atoms with Crippen molar-refractivity contribution in [2.75, 3.05) is 46.0 Å². The lowest BCUT2D eigenvalue weighted by Gasteiger charge is -2.37. The summed E-state index contributed by atoms with van der Waals surface area (Å²) in [7, 11) is 0. The molecular formula is C23H32N2O4. The number of aliphatic hydroxyl groups excluding tert-OH is 1. The number of rotatable bonds is 3. The van der Waals surface area contributed by atoms with Crippen LogP contribution in [-0.4, -0.2) is 72.9 Å². The standard InChI is InChI=1S/C23H32N2O4/c26-17-5-9-24(10-6-17)23(27)19-14-25(13-16-7-11-28-12-8-16)22-18-3-1-2-4-21(18)29-15-20(19)22/h1-4,16-17,19-20,22,26H,5-15H2/t19-,20+,22+/m1/s1. The van der Waals surface area contributed by atoms with Gasteiger partial charge >= 0.3 is 0 Å². The Balaban J connectivity index is 1.39. The average molecular weight is 401 g/mol. The maximum absolute atomic E-state index is 13.5. The number of benzene rings is 1. The Bertz CT molecular complexity index is 727. The molecular weight excluding hydrogens is 368 g/mol. The highest BCUT2D eigenvalue weighted by Gasteiger charge is 2.50. The topological polar surface area (TPSA) is 62.2 Å². The fraction of sp³-hybridized carbons (Fsp3) is 0.696. The summed E-state index contributed by atoms with van der Waals surface area (Å²) in [5, 5.41) is 9.82. The van der Waals surface area contributed by atoms with E-state index >= 15 is 0 Å². The van der Waals surface area contributed by atoms with Crippen LogP contribution in [0, 0.1) is 17.8 Å². The molecule has 3 saturated heterocycles.